The minimum atomic E-state index is -0.213. The van der Waals surface area contributed by atoms with Crippen molar-refractivity contribution in [3.05, 3.63) is 71.4 Å². The monoisotopic (exact) mass is 424 g/mol. The number of imidazole rings is 1. The summed E-state index contributed by atoms with van der Waals surface area (Å²) >= 11 is 5.88. The number of aromatic nitrogens is 3. The fraction of sp³-hybridized carbons (Fsp3) is 0.318. The molecule has 1 unspecified atom stereocenters. The van der Waals surface area contributed by atoms with Crippen LogP contribution >= 0.6 is 11.6 Å². The number of aromatic amines is 1. The number of H-pyrrole nitrogens is 1. The molecule has 0 radical (unpaired) electrons. The number of anilines is 2. The second-order valence-corrected chi connectivity index (χ2v) is 7.88. The molecule has 0 spiro atoms. The molecule has 1 atom stereocenters. The molecule has 1 aliphatic rings. The first-order valence-electron chi connectivity index (χ1n) is 10.2. The molecule has 2 aromatic heterocycles. The van der Waals surface area contributed by atoms with E-state index in [0.29, 0.717) is 22.3 Å². The van der Waals surface area contributed by atoms with Gasteiger partial charge in [-0.3, -0.25) is 4.79 Å². The number of rotatable bonds is 7. The maximum absolute atomic E-state index is 12.9. The molecule has 7 nitrogen and oxygen atoms in total. The van der Waals surface area contributed by atoms with Crippen LogP contribution in [-0.2, 0) is 6.42 Å². The molecule has 1 aliphatic heterocycles. The van der Waals surface area contributed by atoms with Crippen LogP contribution in [-0.4, -0.2) is 40.0 Å². The van der Waals surface area contributed by atoms with E-state index in [9.17, 15) is 4.79 Å². The number of para-hydroxylation sites is 1. The third kappa shape index (κ3) is 5.17. The standard InChI is InChI=1S/C22H25ClN6O/c23-16-5-6-20(27-14-16)29-22(30)17-3-1-2-4-18(17)28-19(13-21-25-11-12-26-21)15-7-9-24-10-8-15/h1-6,11-12,14-15,19,24,28H,7-10,13H2,(H,25,26)(H,27,29,30). The van der Waals surface area contributed by atoms with Crippen molar-refractivity contribution < 1.29 is 4.79 Å². The molecule has 1 fully saturated rings. The van der Waals surface area contributed by atoms with E-state index in [-0.39, 0.29) is 11.9 Å². The van der Waals surface area contributed by atoms with Crippen molar-refractivity contribution in [2.45, 2.75) is 25.3 Å². The topological polar surface area (TPSA) is 94.7 Å². The highest BCUT2D eigenvalue weighted by atomic mass is 35.5. The number of benzene rings is 1. The average Bonchev–Trinajstić information content (AvgIpc) is 3.29. The Kier molecular flexibility index (Phi) is 6.61. The van der Waals surface area contributed by atoms with Gasteiger partial charge in [-0.1, -0.05) is 23.7 Å². The highest BCUT2D eigenvalue weighted by Crippen LogP contribution is 2.25. The molecule has 30 heavy (non-hydrogen) atoms. The number of nitrogens with zero attached hydrogens (tertiary/aromatic N) is 2. The van der Waals surface area contributed by atoms with Crippen LogP contribution in [0.3, 0.4) is 0 Å². The zero-order valence-corrected chi connectivity index (χ0v) is 17.3. The van der Waals surface area contributed by atoms with Crippen LogP contribution in [0.15, 0.2) is 55.0 Å². The predicted octanol–water partition coefficient (Wildman–Crippen LogP) is 3.73. The van der Waals surface area contributed by atoms with Crippen molar-refractivity contribution >= 4 is 29.0 Å². The van der Waals surface area contributed by atoms with Crippen LogP contribution in [0.2, 0.25) is 5.02 Å². The highest BCUT2D eigenvalue weighted by molar-refractivity contribution is 6.30. The largest absolute Gasteiger partial charge is 0.381 e. The first-order valence-corrected chi connectivity index (χ1v) is 10.5. The van der Waals surface area contributed by atoms with Crippen LogP contribution in [0, 0.1) is 5.92 Å². The van der Waals surface area contributed by atoms with Crippen LogP contribution in [0.25, 0.3) is 0 Å². The Morgan fingerprint density at radius 1 is 1.17 bits per heavy atom. The van der Waals surface area contributed by atoms with Crippen molar-refractivity contribution in [1.29, 1.82) is 0 Å². The second kappa shape index (κ2) is 9.73. The van der Waals surface area contributed by atoms with Gasteiger partial charge in [0.2, 0.25) is 0 Å². The van der Waals surface area contributed by atoms with Gasteiger partial charge in [-0.25, -0.2) is 9.97 Å². The molecule has 3 heterocycles. The first-order chi connectivity index (χ1) is 14.7. The summed E-state index contributed by atoms with van der Waals surface area (Å²) < 4.78 is 0. The second-order valence-electron chi connectivity index (χ2n) is 7.44. The van der Waals surface area contributed by atoms with E-state index < -0.39 is 0 Å². The van der Waals surface area contributed by atoms with E-state index in [2.05, 4.69) is 30.9 Å². The van der Waals surface area contributed by atoms with E-state index in [1.54, 1.807) is 18.3 Å². The van der Waals surface area contributed by atoms with Gasteiger partial charge in [0.05, 0.1) is 10.6 Å². The SMILES string of the molecule is O=C(Nc1ccc(Cl)cn1)c1ccccc1NC(Cc1ncc[nH]1)C1CCNCC1. The maximum atomic E-state index is 12.9. The fourth-order valence-corrected chi connectivity index (χ4v) is 3.95. The molecular formula is C22H25ClN6O. The summed E-state index contributed by atoms with van der Waals surface area (Å²) in [6, 6.07) is 11.1. The molecule has 4 rings (SSSR count). The number of carbonyl (C=O) groups excluding carboxylic acids is 1. The zero-order chi connectivity index (χ0) is 20.8. The molecule has 156 valence electrons. The lowest BCUT2D eigenvalue weighted by Crippen LogP contribution is -2.39. The number of hydrogen-bond donors (Lipinski definition) is 4. The van der Waals surface area contributed by atoms with Crippen molar-refractivity contribution in [3.8, 4) is 0 Å². The van der Waals surface area contributed by atoms with E-state index in [4.69, 9.17) is 11.6 Å². The molecule has 1 amide bonds. The summed E-state index contributed by atoms with van der Waals surface area (Å²) in [6.45, 7) is 2.01. The van der Waals surface area contributed by atoms with Gasteiger partial charge in [-0.05, 0) is 56.1 Å². The van der Waals surface area contributed by atoms with Crippen LogP contribution in [0.4, 0.5) is 11.5 Å². The van der Waals surface area contributed by atoms with Gasteiger partial charge >= 0.3 is 0 Å². The van der Waals surface area contributed by atoms with Crippen molar-refractivity contribution in [3.63, 3.8) is 0 Å². The number of nitrogens with one attached hydrogen (secondary N) is 4. The van der Waals surface area contributed by atoms with Crippen molar-refractivity contribution in [2.24, 2.45) is 5.92 Å². The van der Waals surface area contributed by atoms with Gasteiger partial charge in [0.25, 0.3) is 5.91 Å². The van der Waals surface area contributed by atoms with E-state index in [0.717, 1.165) is 43.9 Å². The smallest absolute Gasteiger partial charge is 0.258 e. The summed E-state index contributed by atoms with van der Waals surface area (Å²) in [5.74, 6) is 1.68. The fourth-order valence-electron chi connectivity index (χ4n) is 3.84. The third-order valence-electron chi connectivity index (χ3n) is 5.40. The summed E-state index contributed by atoms with van der Waals surface area (Å²) in [7, 11) is 0. The van der Waals surface area contributed by atoms with Crippen LogP contribution in [0.1, 0.15) is 29.0 Å². The molecule has 8 heteroatoms. The normalized spacial score (nSPS) is 15.5. The summed E-state index contributed by atoms with van der Waals surface area (Å²) in [6.07, 6.45) is 8.07. The minimum Gasteiger partial charge on any atom is -0.381 e. The Labute approximate surface area is 180 Å². The van der Waals surface area contributed by atoms with Crippen LogP contribution < -0.4 is 16.0 Å². The predicted molar refractivity (Wildman–Crippen MR) is 119 cm³/mol. The lowest BCUT2D eigenvalue weighted by Gasteiger charge is -2.32. The number of pyridine rings is 1. The Morgan fingerprint density at radius 3 is 2.73 bits per heavy atom. The lowest BCUT2D eigenvalue weighted by molar-refractivity contribution is 0.102. The number of hydrogen-bond acceptors (Lipinski definition) is 5. The van der Waals surface area contributed by atoms with E-state index >= 15 is 0 Å². The Morgan fingerprint density at radius 2 is 2.00 bits per heavy atom. The van der Waals surface area contributed by atoms with Crippen molar-refractivity contribution in [1.82, 2.24) is 20.3 Å². The van der Waals surface area contributed by atoms with Gasteiger partial charge in [-0.15, -0.1) is 0 Å². The van der Waals surface area contributed by atoms with E-state index in [1.165, 1.54) is 6.20 Å². The van der Waals surface area contributed by atoms with Gasteiger partial charge in [0.15, 0.2) is 0 Å². The molecule has 0 aliphatic carbocycles. The van der Waals surface area contributed by atoms with E-state index in [1.807, 2.05) is 30.5 Å². The first kappa shape index (κ1) is 20.4. The molecule has 4 N–H and O–H groups in total. The molecular weight excluding hydrogens is 400 g/mol. The average molecular weight is 425 g/mol. The molecule has 1 saturated heterocycles. The number of halogens is 1. The summed E-state index contributed by atoms with van der Waals surface area (Å²) in [5.41, 5.74) is 1.38. The van der Waals surface area contributed by atoms with Gasteiger partial charge in [-0.2, -0.15) is 0 Å². The third-order valence-corrected chi connectivity index (χ3v) is 5.63. The Bertz CT molecular complexity index is 954. The number of piperidine rings is 1. The Balaban J connectivity index is 1.54. The Hall–Kier alpha value is -2.90. The van der Waals surface area contributed by atoms with Crippen molar-refractivity contribution in [2.75, 3.05) is 23.7 Å². The molecule has 0 bridgehead atoms. The molecule has 3 aromatic rings. The number of amides is 1. The zero-order valence-electron chi connectivity index (χ0n) is 16.6. The molecule has 1 aromatic carbocycles. The quantitative estimate of drug-likeness (QED) is 0.463. The highest BCUT2D eigenvalue weighted by Gasteiger charge is 2.26. The van der Waals surface area contributed by atoms with Gasteiger partial charge < -0.3 is 20.9 Å². The summed E-state index contributed by atoms with van der Waals surface area (Å²) in [4.78, 5) is 24.7. The summed E-state index contributed by atoms with van der Waals surface area (Å²) in [5, 5.41) is 10.4. The van der Waals surface area contributed by atoms with Gasteiger partial charge in [0.1, 0.15) is 11.6 Å². The minimum absolute atomic E-state index is 0.167. The van der Waals surface area contributed by atoms with Crippen LogP contribution in [0.5, 0.6) is 0 Å². The number of carbonyl (C=O) groups is 1. The molecule has 0 saturated carbocycles. The lowest BCUT2D eigenvalue weighted by atomic mass is 9.87. The maximum Gasteiger partial charge on any atom is 0.258 e. The van der Waals surface area contributed by atoms with Gasteiger partial charge in [0, 0.05) is 36.7 Å².